The number of piperidine rings is 1. The minimum Gasteiger partial charge on any atom is -0.481 e. The van der Waals surface area contributed by atoms with E-state index in [0.29, 0.717) is 6.54 Å². The summed E-state index contributed by atoms with van der Waals surface area (Å²) < 4.78 is 0. The normalized spacial score (nSPS) is 28.1. The molecule has 2 unspecified atom stereocenters. The predicted molar refractivity (Wildman–Crippen MR) is 75.7 cm³/mol. The molecular formula is C14H23N3O4. The van der Waals surface area contributed by atoms with Crippen LogP contribution in [-0.4, -0.2) is 53.1 Å². The molecule has 2 fully saturated rings. The summed E-state index contributed by atoms with van der Waals surface area (Å²) in [5.74, 6) is -0.834. The van der Waals surface area contributed by atoms with Crippen molar-refractivity contribution in [2.24, 2.45) is 5.92 Å². The molecule has 7 heteroatoms. The molecule has 0 saturated carbocycles. The summed E-state index contributed by atoms with van der Waals surface area (Å²) >= 11 is 0. The van der Waals surface area contributed by atoms with E-state index in [0.717, 1.165) is 25.7 Å². The summed E-state index contributed by atoms with van der Waals surface area (Å²) in [6, 6.07) is 0.0804. The highest BCUT2D eigenvalue weighted by molar-refractivity contribution is 5.95. The predicted octanol–water partition coefficient (Wildman–Crippen LogP) is 0.550. The SMILES string of the molecule is CCNC(=O)NC(=O)CN1C2CCC1CC(CC(=O)O)C2. The summed E-state index contributed by atoms with van der Waals surface area (Å²) in [5.41, 5.74) is 0. The molecule has 0 spiro atoms. The quantitative estimate of drug-likeness (QED) is 0.688. The van der Waals surface area contributed by atoms with Crippen LogP contribution < -0.4 is 10.6 Å². The van der Waals surface area contributed by atoms with E-state index >= 15 is 0 Å². The van der Waals surface area contributed by atoms with E-state index < -0.39 is 12.0 Å². The largest absolute Gasteiger partial charge is 0.481 e. The second kappa shape index (κ2) is 6.89. The molecule has 3 amide bonds. The summed E-state index contributed by atoms with van der Waals surface area (Å²) in [6.07, 6.45) is 3.89. The number of carbonyl (C=O) groups excluding carboxylic acids is 2. The lowest BCUT2D eigenvalue weighted by Gasteiger charge is -2.38. The molecule has 118 valence electrons. The third-order valence-electron chi connectivity index (χ3n) is 4.36. The first-order chi connectivity index (χ1) is 9.99. The number of rotatable bonds is 5. The topological polar surface area (TPSA) is 98.7 Å². The number of carboxylic acids is 1. The number of aliphatic carboxylic acids is 1. The fourth-order valence-corrected chi connectivity index (χ4v) is 3.60. The van der Waals surface area contributed by atoms with Crippen molar-refractivity contribution in [1.29, 1.82) is 0 Å². The Morgan fingerprint density at radius 2 is 1.81 bits per heavy atom. The molecule has 2 heterocycles. The van der Waals surface area contributed by atoms with Crippen molar-refractivity contribution >= 4 is 17.9 Å². The van der Waals surface area contributed by atoms with Crippen molar-refractivity contribution in [3.8, 4) is 0 Å². The molecule has 2 bridgehead atoms. The van der Waals surface area contributed by atoms with Crippen LogP contribution in [0, 0.1) is 5.92 Å². The minimum absolute atomic E-state index is 0.211. The molecule has 0 aliphatic carbocycles. The molecule has 2 saturated heterocycles. The molecule has 2 aliphatic rings. The Labute approximate surface area is 124 Å². The number of carboxylic acid groups (broad SMARTS) is 1. The monoisotopic (exact) mass is 297 g/mol. The molecule has 0 aromatic heterocycles. The number of imide groups is 1. The van der Waals surface area contributed by atoms with Crippen molar-refractivity contribution in [2.75, 3.05) is 13.1 Å². The van der Waals surface area contributed by atoms with E-state index in [4.69, 9.17) is 5.11 Å². The minimum atomic E-state index is -0.748. The van der Waals surface area contributed by atoms with Gasteiger partial charge >= 0.3 is 12.0 Å². The Morgan fingerprint density at radius 1 is 1.19 bits per heavy atom. The van der Waals surface area contributed by atoms with Crippen molar-refractivity contribution in [2.45, 2.75) is 51.1 Å². The molecular weight excluding hydrogens is 274 g/mol. The Kier molecular flexibility index (Phi) is 5.17. The molecule has 3 N–H and O–H groups in total. The van der Waals surface area contributed by atoms with E-state index in [1.165, 1.54) is 0 Å². The van der Waals surface area contributed by atoms with Crippen LogP contribution >= 0.6 is 0 Å². The van der Waals surface area contributed by atoms with Gasteiger partial charge in [0, 0.05) is 25.0 Å². The van der Waals surface area contributed by atoms with Crippen LogP contribution in [0.4, 0.5) is 4.79 Å². The standard InChI is InChI=1S/C14H23N3O4/c1-2-15-14(21)16-12(18)8-17-10-3-4-11(17)6-9(5-10)7-13(19)20/h9-11H,2-8H2,1H3,(H,19,20)(H2,15,16,18,21). The number of nitrogens with zero attached hydrogens (tertiary/aromatic N) is 1. The zero-order valence-corrected chi connectivity index (χ0v) is 12.3. The van der Waals surface area contributed by atoms with E-state index in [9.17, 15) is 14.4 Å². The molecule has 21 heavy (non-hydrogen) atoms. The molecule has 7 nitrogen and oxygen atoms in total. The van der Waals surface area contributed by atoms with Crippen LogP contribution in [-0.2, 0) is 9.59 Å². The van der Waals surface area contributed by atoms with Crippen LogP contribution in [0.15, 0.2) is 0 Å². The second-order valence-electron chi connectivity index (χ2n) is 5.90. The maximum absolute atomic E-state index is 11.9. The third-order valence-corrected chi connectivity index (χ3v) is 4.36. The first-order valence-corrected chi connectivity index (χ1v) is 7.54. The number of carbonyl (C=O) groups is 3. The number of hydrogen-bond acceptors (Lipinski definition) is 4. The van der Waals surface area contributed by atoms with Crippen LogP contribution in [0.2, 0.25) is 0 Å². The number of amides is 3. The summed E-state index contributed by atoms with van der Waals surface area (Å²) in [5, 5.41) is 13.7. The van der Waals surface area contributed by atoms with Crippen LogP contribution in [0.1, 0.15) is 39.0 Å². The van der Waals surface area contributed by atoms with Gasteiger partial charge in [-0.3, -0.25) is 19.8 Å². The Morgan fingerprint density at radius 3 is 2.33 bits per heavy atom. The van der Waals surface area contributed by atoms with Gasteiger partial charge in [-0.05, 0) is 38.5 Å². The Hall–Kier alpha value is -1.63. The number of nitrogens with one attached hydrogen (secondary N) is 2. The maximum Gasteiger partial charge on any atom is 0.321 e. The van der Waals surface area contributed by atoms with Crippen LogP contribution in [0.5, 0.6) is 0 Å². The number of hydrogen-bond donors (Lipinski definition) is 3. The summed E-state index contributed by atoms with van der Waals surface area (Å²) in [7, 11) is 0. The zero-order chi connectivity index (χ0) is 15.4. The number of fused-ring (bicyclic) bond motifs is 2. The average Bonchev–Trinajstić information content (AvgIpc) is 2.61. The van der Waals surface area contributed by atoms with Gasteiger partial charge in [-0.1, -0.05) is 0 Å². The molecule has 0 aromatic rings. The average molecular weight is 297 g/mol. The molecule has 2 aliphatic heterocycles. The van der Waals surface area contributed by atoms with Crippen LogP contribution in [0.25, 0.3) is 0 Å². The van der Waals surface area contributed by atoms with Crippen molar-refractivity contribution < 1.29 is 19.5 Å². The van der Waals surface area contributed by atoms with Gasteiger partial charge in [-0.15, -0.1) is 0 Å². The highest BCUT2D eigenvalue weighted by Crippen LogP contribution is 2.39. The molecule has 0 radical (unpaired) electrons. The summed E-state index contributed by atoms with van der Waals surface area (Å²) in [4.78, 5) is 36.1. The van der Waals surface area contributed by atoms with Gasteiger partial charge in [0.25, 0.3) is 0 Å². The fourth-order valence-electron chi connectivity index (χ4n) is 3.60. The Bertz CT molecular complexity index is 412. The van der Waals surface area contributed by atoms with Crippen molar-refractivity contribution in [1.82, 2.24) is 15.5 Å². The van der Waals surface area contributed by atoms with E-state index in [2.05, 4.69) is 15.5 Å². The van der Waals surface area contributed by atoms with E-state index in [-0.39, 0.29) is 36.9 Å². The lowest BCUT2D eigenvalue weighted by atomic mass is 9.88. The van der Waals surface area contributed by atoms with Gasteiger partial charge in [0.05, 0.1) is 6.54 Å². The molecule has 2 atom stereocenters. The third kappa shape index (κ3) is 4.17. The summed E-state index contributed by atoms with van der Waals surface area (Å²) in [6.45, 7) is 2.48. The lowest BCUT2D eigenvalue weighted by Crippen LogP contribution is -2.50. The van der Waals surface area contributed by atoms with E-state index in [1.54, 1.807) is 6.92 Å². The molecule has 2 rings (SSSR count). The first kappa shape index (κ1) is 15.8. The lowest BCUT2D eigenvalue weighted by molar-refractivity contribution is -0.139. The van der Waals surface area contributed by atoms with Gasteiger partial charge < -0.3 is 10.4 Å². The molecule has 0 aromatic carbocycles. The smallest absolute Gasteiger partial charge is 0.321 e. The number of urea groups is 1. The maximum atomic E-state index is 11.9. The van der Waals surface area contributed by atoms with Gasteiger partial charge in [0.2, 0.25) is 5.91 Å². The first-order valence-electron chi connectivity index (χ1n) is 7.54. The van der Waals surface area contributed by atoms with Gasteiger partial charge in [-0.25, -0.2) is 4.79 Å². The van der Waals surface area contributed by atoms with Gasteiger partial charge in [-0.2, -0.15) is 0 Å². The van der Waals surface area contributed by atoms with E-state index in [1.807, 2.05) is 0 Å². The fraction of sp³-hybridized carbons (Fsp3) is 0.786. The zero-order valence-electron chi connectivity index (χ0n) is 12.3. The van der Waals surface area contributed by atoms with Crippen LogP contribution in [0.3, 0.4) is 0 Å². The van der Waals surface area contributed by atoms with Crippen molar-refractivity contribution in [3.05, 3.63) is 0 Å². The highest BCUT2D eigenvalue weighted by Gasteiger charge is 2.41. The Balaban J connectivity index is 1.84. The highest BCUT2D eigenvalue weighted by atomic mass is 16.4. The van der Waals surface area contributed by atoms with Crippen molar-refractivity contribution in [3.63, 3.8) is 0 Å². The van der Waals surface area contributed by atoms with Gasteiger partial charge in [0.1, 0.15) is 0 Å². The van der Waals surface area contributed by atoms with Gasteiger partial charge in [0.15, 0.2) is 0 Å². The second-order valence-corrected chi connectivity index (χ2v) is 5.90.